The summed E-state index contributed by atoms with van der Waals surface area (Å²) < 4.78 is 11.0. The molecule has 0 fully saturated rings. The fourth-order valence-corrected chi connectivity index (χ4v) is 1.55. The highest BCUT2D eigenvalue weighted by molar-refractivity contribution is 5.81. The molecule has 1 amide bonds. The monoisotopic (exact) mass is 237 g/mol. The van der Waals surface area contributed by atoms with Crippen LogP contribution >= 0.6 is 0 Å². The Labute approximate surface area is 99.3 Å². The lowest BCUT2D eigenvalue weighted by Gasteiger charge is -2.25. The van der Waals surface area contributed by atoms with E-state index < -0.39 is 6.10 Å². The first-order valence-corrected chi connectivity index (χ1v) is 5.58. The zero-order chi connectivity index (χ0) is 12.1. The van der Waals surface area contributed by atoms with Crippen LogP contribution in [0.1, 0.15) is 6.42 Å². The van der Waals surface area contributed by atoms with Crippen LogP contribution in [0.2, 0.25) is 0 Å². The van der Waals surface area contributed by atoms with E-state index in [1.807, 2.05) is 12.1 Å². The molecule has 17 heavy (non-hydrogen) atoms. The summed E-state index contributed by atoms with van der Waals surface area (Å²) in [5.41, 5.74) is 0. The molecule has 5 heteroatoms. The fraction of sp³-hybridized carbons (Fsp3) is 0.417. The van der Waals surface area contributed by atoms with Crippen LogP contribution < -0.4 is 14.8 Å². The van der Waals surface area contributed by atoms with Crippen LogP contribution in [0, 0.1) is 0 Å². The van der Waals surface area contributed by atoms with Crippen LogP contribution in [0.15, 0.2) is 24.3 Å². The predicted octanol–water partition coefficient (Wildman–Crippen LogP) is 0.325. The second kappa shape index (κ2) is 5.54. The highest BCUT2D eigenvalue weighted by Gasteiger charge is 2.26. The number of benzene rings is 1. The van der Waals surface area contributed by atoms with Gasteiger partial charge in [-0.3, -0.25) is 4.79 Å². The van der Waals surface area contributed by atoms with Crippen molar-refractivity contribution in [3.05, 3.63) is 24.3 Å². The van der Waals surface area contributed by atoms with E-state index >= 15 is 0 Å². The summed E-state index contributed by atoms with van der Waals surface area (Å²) in [4.78, 5) is 11.7. The molecule has 1 heterocycles. The molecule has 1 aromatic rings. The molecule has 0 spiro atoms. The molecule has 0 saturated heterocycles. The number of nitrogens with one attached hydrogen (secondary N) is 1. The van der Waals surface area contributed by atoms with Crippen LogP contribution in [0.4, 0.5) is 0 Å². The molecular weight excluding hydrogens is 222 g/mol. The van der Waals surface area contributed by atoms with Crippen molar-refractivity contribution in [1.29, 1.82) is 0 Å². The highest BCUT2D eigenvalue weighted by atomic mass is 16.6. The Morgan fingerprint density at radius 3 is 2.94 bits per heavy atom. The van der Waals surface area contributed by atoms with E-state index in [0.717, 1.165) is 0 Å². The van der Waals surface area contributed by atoms with Gasteiger partial charge in [-0.25, -0.2) is 0 Å². The number of hydrogen-bond donors (Lipinski definition) is 2. The van der Waals surface area contributed by atoms with Crippen molar-refractivity contribution < 1.29 is 19.4 Å². The van der Waals surface area contributed by atoms with E-state index in [1.165, 1.54) is 0 Å². The van der Waals surface area contributed by atoms with E-state index in [4.69, 9.17) is 14.6 Å². The first kappa shape index (κ1) is 11.7. The third-order valence-electron chi connectivity index (χ3n) is 2.44. The van der Waals surface area contributed by atoms with E-state index in [-0.39, 0.29) is 19.1 Å². The van der Waals surface area contributed by atoms with Crippen LogP contribution in [0.25, 0.3) is 0 Å². The number of carbonyl (C=O) groups excluding carboxylic acids is 1. The molecule has 1 aromatic carbocycles. The van der Waals surface area contributed by atoms with Gasteiger partial charge in [0.05, 0.1) is 0 Å². The third-order valence-corrected chi connectivity index (χ3v) is 2.44. The van der Waals surface area contributed by atoms with Crippen LogP contribution in [-0.4, -0.2) is 36.9 Å². The number of aliphatic hydroxyl groups excluding tert-OH is 1. The van der Waals surface area contributed by atoms with Crippen LogP contribution in [-0.2, 0) is 4.79 Å². The normalized spacial score (nSPS) is 17.6. The molecule has 1 aliphatic rings. The highest BCUT2D eigenvalue weighted by Crippen LogP contribution is 2.30. The fourth-order valence-electron chi connectivity index (χ4n) is 1.55. The second-order valence-electron chi connectivity index (χ2n) is 3.73. The number of hydrogen-bond acceptors (Lipinski definition) is 4. The first-order chi connectivity index (χ1) is 8.31. The van der Waals surface area contributed by atoms with Gasteiger partial charge < -0.3 is 19.9 Å². The second-order valence-corrected chi connectivity index (χ2v) is 3.73. The minimum absolute atomic E-state index is 0.0607. The van der Waals surface area contributed by atoms with Crippen LogP contribution in [0.3, 0.4) is 0 Å². The van der Waals surface area contributed by atoms with E-state index in [0.29, 0.717) is 24.5 Å². The minimum Gasteiger partial charge on any atom is -0.485 e. The zero-order valence-electron chi connectivity index (χ0n) is 9.39. The lowest BCUT2D eigenvalue weighted by molar-refractivity contribution is -0.130. The van der Waals surface area contributed by atoms with Gasteiger partial charge in [0, 0.05) is 13.2 Å². The van der Waals surface area contributed by atoms with Gasteiger partial charge in [-0.15, -0.1) is 0 Å². The molecular formula is C12H15NO4. The molecule has 1 atom stereocenters. The maximum atomic E-state index is 11.7. The average molecular weight is 237 g/mol. The van der Waals surface area contributed by atoms with Crippen molar-refractivity contribution in [2.45, 2.75) is 12.5 Å². The molecule has 0 aromatic heterocycles. The average Bonchev–Trinajstić information content (AvgIpc) is 2.38. The quantitative estimate of drug-likeness (QED) is 0.740. The Morgan fingerprint density at radius 1 is 1.41 bits per heavy atom. The summed E-state index contributed by atoms with van der Waals surface area (Å²) in [7, 11) is 0. The zero-order valence-corrected chi connectivity index (χ0v) is 9.39. The van der Waals surface area contributed by atoms with Crippen molar-refractivity contribution >= 4 is 5.91 Å². The summed E-state index contributed by atoms with van der Waals surface area (Å²) in [6.07, 6.45) is -0.0841. The predicted molar refractivity (Wildman–Crippen MR) is 61.1 cm³/mol. The standard InChI is InChI=1S/C12H15NO4/c14-7-3-6-13-12(15)11-8-16-9-4-1-2-5-10(9)17-11/h1-2,4-5,11,14H,3,6-8H2,(H,13,15)/t11-/m0/s1. The number of para-hydroxylation sites is 2. The summed E-state index contributed by atoms with van der Waals surface area (Å²) in [6.45, 7) is 0.712. The van der Waals surface area contributed by atoms with Gasteiger partial charge in [-0.05, 0) is 18.6 Å². The van der Waals surface area contributed by atoms with Gasteiger partial charge in [-0.2, -0.15) is 0 Å². The molecule has 5 nitrogen and oxygen atoms in total. The molecule has 2 N–H and O–H groups in total. The molecule has 0 saturated carbocycles. The number of ether oxygens (including phenoxy) is 2. The number of fused-ring (bicyclic) bond motifs is 1. The van der Waals surface area contributed by atoms with Crippen molar-refractivity contribution in [3.8, 4) is 11.5 Å². The van der Waals surface area contributed by atoms with Gasteiger partial charge in [0.2, 0.25) is 6.10 Å². The molecule has 0 bridgehead atoms. The molecule has 2 rings (SSSR count). The topological polar surface area (TPSA) is 67.8 Å². The van der Waals surface area contributed by atoms with Gasteiger partial charge in [0.25, 0.3) is 5.91 Å². The molecule has 92 valence electrons. The Hall–Kier alpha value is -1.75. The Bertz CT molecular complexity index is 394. The smallest absolute Gasteiger partial charge is 0.264 e. The largest absolute Gasteiger partial charge is 0.485 e. The van der Waals surface area contributed by atoms with Crippen molar-refractivity contribution in [2.75, 3.05) is 19.8 Å². The maximum Gasteiger partial charge on any atom is 0.264 e. The van der Waals surface area contributed by atoms with Crippen molar-refractivity contribution in [2.24, 2.45) is 0 Å². The summed E-state index contributed by atoms with van der Waals surface area (Å²) in [5, 5.41) is 11.3. The van der Waals surface area contributed by atoms with Gasteiger partial charge >= 0.3 is 0 Å². The third kappa shape index (κ3) is 2.88. The van der Waals surface area contributed by atoms with E-state index in [1.54, 1.807) is 12.1 Å². The lowest BCUT2D eigenvalue weighted by atomic mass is 10.2. The minimum atomic E-state index is -0.622. The Morgan fingerprint density at radius 2 is 2.18 bits per heavy atom. The Kier molecular flexibility index (Phi) is 3.82. The molecule has 0 aliphatic carbocycles. The van der Waals surface area contributed by atoms with Crippen molar-refractivity contribution in [3.63, 3.8) is 0 Å². The van der Waals surface area contributed by atoms with Gasteiger partial charge in [0.1, 0.15) is 6.61 Å². The lowest BCUT2D eigenvalue weighted by Crippen LogP contribution is -2.44. The number of amides is 1. The summed E-state index contributed by atoms with van der Waals surface area (Å²) >= 11 is 0. The van der Waals surface area contributed by atoms with E-state index in [9.17, 15) is 4.79 Å². The van der Waals surface area contributed by atoms with E-state index in [2.05, 4.69) is 5.32 Å². The van der Waals surface area contributed by atoms with Gasteiger partial charge in [-0.1, -0.05) is 12.1 Å². The summed E-state index contributed by atoms with van der Waals surface area (Å²) in [5.74, 6) is 1.03. The summed E-state index contributed by atoms with van der Waals surface area (Å²) in [6, 6.07) is 7.25. The number of aliphatic hydroxyl groups is 1. The molecule has 1 aliphatic heterocycles. The SMILES string of the molecule is O=C(NCCCO)[C@@H]1COc2ccccc2O1. The number of carbonyl (C=O) groups is 1. The van der Waals surface area contributed by atoms with Crippen molar-refractivity contribution in [1.82, 2.24) is 5.32 Å². The molecule has 0 unspecified atom stereocenters. The number of rotatable bonds is 4. The Balaban J connectivity index is 1.91. The maximum absolute atomic E-state index is 11.7. The first-order valence-electron chi connectivity index (χ1n) is 5.58. The van der Waals surface area contributed by atoms with Crippen LogP contribution in [0.5, 0.6) is 11.5 Å². The van der Waals surface area contributed by atoms with Gasteiger partial charge in [0.15, 0.2) is 11.5 Å². The molecule has 0 radical (unpaired) electrons.